The number of nitrogens with one attached hydrogen (secondary N) is 1. The van der Waals surface area contributed by atoms with E-state index < -0.39 is 11.8 Å². The maximum atomic E-state index is 14.8. The highest BCUT2D eigenvalue weighted by Gasteiger charge is 2.31. The number of likely N-dealkylation sites (tertiary alicyclic amines) is 1. The first-order chi connectivity index (χ1) is 17.2. The lowest BCUT2D eigenvalue weighted by molar-refractivity contribution is 0.0783. The zero-order valence-electron chi connectivity index (χ0n) is 20.4. The van der Waals surface area contributed by atoms with Gasteiger partial charge in [-0.25, -0.2) is 18.9 Å². The first kappa shape index (κ1) is 23.6. The molecule has 1 amide bonds. The molecule has 8 nitrogen and oxygen atoms in total. The van der Waals surface area contributed by atoms with Crippen molar-refractivity contribution in [2.45, 2.75) is 26.3 Å². The van der Waals surface area contributed by atoms with Gasteiger partial charge in [-0.05, 0) is 51.1 Å². The second-order valence-corrected chi connectivity index (χ2v) is 9.08. The van der Waals surface area contributed by atoms with Crippen LogP contribution in [-0.4, -0.2) is 56.3 Å². The SMILES string of the molecule is [C-]#[N+]c1ccc(-c2nc(C(=O)N3CC[C@H](NC)C3)c(C)n2-c2cc3c(F)n(C)nc3cc2C)cc1F. The van der Waals surface area contributed by atoms with E-state index in [1.54, 1.807) is 34.6 Å². The van der Waals surface area contributed by atoms with E-state index in [1.807, 2.05) is 14.0 Å². The summed E-state index contributed by atoms with van der Waals surface area (Å²) in [7, 11) is 3.40. The maximum absolute atomic E-state index is 14.8. The van der Waals surface area contributed by atoms with Crippen molar-refractivity contribution in [1.29, 1.82) is 0 Å². The Morgan fingerprint density at radius 2 is 2.00 bits per heavy atom. The minimum absolute atomic E-state index is 0.102. The van der Waals surface area contributed by atoms with Crippen LogP contribution in [0.1, 0.15) is 28.2 Å². The smallest absolute Gasteiger partial charge is 0.274 e. The first-order valence-electron chi connectivity index (χ1n) is 11.6. The van der Waals surface area contributed by atoms with E-state index in [-0.39, 0.29) is 23.3 Å². The summed E-state index contributed by atoms with van der Waals surface area (Å²) in [6, 6.07) is 7.90. The molecule has 0 saturated carbocycles. The largest absolute Gasteiger partial charge is 0.336 e. The summed E-state index contributed by atoms with van der Waals surface area (Å²) in [5, 5.41) is 7.75. The van der Waals surface area contributed by atoms with Crippen LogP contribution in [0.4, 0.5) is 14.5 Å². The van der Waals surface area contributed by atoms with Crippen molar-refractivity contribution in [2.75, 3.05) is 20.1 Å². The number of imidazole rings is 1. The molecule has 5 rings (SSSR count). The van der Waals surface area contributed by atoms with Crippen LogP contribution in [0.25, 0.3) is 32.8 Å². The van der Waals surface area contributed by atoms with Crippen molar-refractivity contribution < 1.29 is 13.6 Å². The molecule has 184 valence electrons. The first-order valence-corrected chi connectivity index (χ1v) is 11.6. The van der Waals surface area contributed by atoms with Gasteiger partial charge in [-0.2, -0.15) is 9.49 Å². The summed E-state index contributed by atoms with van der Waals surface area (Å²) in [6.45, 7) is 12.0. The number of amides is 1. The molecule has 10 heteroatoms. The lowest BCUT2D eigenvalue weighted by Crippen LogP contribution is -2.34. The van der Waals surface area contributed by atoms with Gasteiger partial charge in [-0.1, -0.05) is 12.1 Å². The zero-order chi connectivity index (χ0) is 25.7. The van der Waals surface area contributed by atoms with Gasteiger partial charge in [0.25, 0.3) is 5.91 Å². The zero-order valence-corrected chi connectivity index (χ0v) is 20.4. The summed E-state index contributed by atoms with van der Waals surface area (Å²) in [4.78, 5) is 23.2. The van der Waals surface area contributed by atoms with Crippen LogP contribution < -0.4 is 5.32 Å². The topological polar surface area (TPSA) is 72.3 Å². The molecule has 36 heavy (non-hydrogen) atoms. The summed E-state index contributed by atoms with van der Waals surface area (Å²) in [5.41, 5.74) is 3.02. The fourth-order valence-corrected chi connectivity index (χ4v) is 4.81. The predicted molar refractivity (Wildman–Crippen MR) is 132 cm³/mol. The van der Waals surface area contributed by atoms with Gasteiger partial charge in [0, 0.05) is 31.7 Å². The average Bonchev–Trinajstić information content (AvgIpc) is 3.55. The fourth-order valence-electron chi connectivity index (χ4n) is 4.81. The van der Waals surface area contributed by atoms with Crippen molar-refractivity contribution in [3.63, 3.8) is 0 Å². The number of nitrogens with zero attached hydrogens (tertiary/aromatic N) is 6. The van der Waals surface area contributed by atoms with Gasteiger partial charge in [0.15, 0.2) is 0 Å². The number of carbonyl (C=O) groups excluding carboxylic acids is 1. The molecule has 1 atom stereocenters. The summed E-state index contributed by atoms with van der Waals surface area (Å²) in [6.07, 6.45) is 0.841. The number of aryl methyl sites for hydroxylation is 2. The van der Waals surface area contributed by atoms with Gasteiger partial charge < -0.3 is 10.2 Å². The molecule has 4 aromatic rings. The third-order valence-electron chi connectivity index (χ3n) is 6.84. The van der Waals surface area contributed by atoms with Crippen LogP contribution in [-0.2, 0) is 7.05 Å². The van der Waals surface area contributed by atoms with Crippen LogP contribution in [0.15, 0.2) is 30.3 Å². The number of hydrogen-bond donors (Lipinski definition) is 1. The summed E-state index contributed by atoms with van der Waals surface area (Å²) >= 11 is 0. The van der Waals surface area contributed by atoms with Gasteiger partial charge in [-0.15, -0.1) is 0 Å². The Balaban J connectivity index is 1.73. The van der Waals surface area contributed by atoms with Crippen LogP contribution in [0.5, 0.6) is 0 Å². The van der Waals surface area contributed by atoms with Gasteiger partial charge in [0.2, 0.25) is 11.6 Å². The number of carbonyl (C=O) groups is 1. The maximum Gasteiger partial charge on any atom is 0.274 e. The molecule has 1 aliphatic heterocycles. The normalized spacial score (nSPS) is 15.6. The minimum Gasteiger partial charge on any atom is -0.336 e. The Bertz CT molecular complexity index is 1560. The van der Waals surface area contributed by atoms with Crippen molar-refractivity contribution in [1.82, 2.24) is 29.5 Å². The molecule has 1 N–H and O–H groups in total. The van der Waals surface area contributed by atoms with Gasteiger partial charge in [0.05, 0.1) is 28.9 Å². The monoisotopic (exact) mass is 489 g/mol. The van der Waals surface area contributed by atoms with Crippen LogP contribution in [0, 0.1) is 32.2 Å². The van der Waals surface area contributed by atoms with Crippen molar-refractivity contribution in [3.05, 3.63) is 70.5 Å². The van der Waals surface area contributed by atoms with Crippen LogP contribution in [0.2, 0.25) is 0 Å². The second kappa shape index (κ2) is 8.84. The molecule has 0 bridgehead atoms. The number of fused-ring (bicyclic) bond motifs is 1. The van der Waals surface area contributed by atoms with E-state index in [4.69, 9.17) is 6.57 Å². The molecule has 0 aliphatic carbocycles. The van der Waals surface area contributed by atoms with Gasteiger partial charge >= 0.3 is 0 Å². The molecule has 1 fully saturated rings. The minimum atomic E-state index is -0.676. The van der Waals surface area contributed by atoms with Gasteiger partial charge in [0.1, 0.15) is 17.3 Å². The molecule has 1 aliphatic rings. The third kappa shape index (κ3) is 3.72. The summed E-state index contributed by atoms with van der Waals surface area (Å²) in [5.74, 6) is -1.04. The molecule has 0 spiro atoms. The van der Waals surface area contributed by atoms with Crippen LogP contribution in [0.3, 0.4) is 0 Å². The lowest BCUT2D eigenvalue weighted by atomic mass is 10.1. The van der Waals surface area contributed by atoms with Crippen molar-refractivity contribution >= 4 is 22.5 Å². The molecule has 2 aromatic heterocycles. The third-order valence-corrected chi connectivity index (χ3v) is 6.84. The van der Waals surface area contributed by atoms with E-state index in [1.165, 1.54) is 23.9 Å². The Morgan fingerprint density at radius 1 is 1.22 bits per heavy atom. The fraction of sp³-hybridized carbons (Fsp3) is 0.308. The number of benzene rings is 2. The van der Waals surface area contributed by atoms with E-state index in [9.17, 15) is 13.6 Å². The van der Waals surface area contributed by atoms with E-state index in [0.717, 1.165) is 12.0 Å². The van der Waals surface area contributed by atoms with E-state index in [2.05, 4.69) is 20.2 Å². The van der Waals surface area contributed by atoms with Crippen LogP contribution >= 0.6 is 0 Å². The van der Waals surface area contributed by atoms with Crippen molar-refractivity contribution in [3.8, 4) is 17.1 Å². The lowest BCUT2D eigenvalue weighted by Gasteiger charge is -2.16. The van der Waals surface area contributed by atoms with E-state index >= 15 is 0 Å². The molecule has 2 aromatic carbocycles. The molecular weight excluding hydrogens is 464 g/mol. The molecule has 0 unspecified atom stereocenters. The molecule has 0 radical (unpaired) electrons. The highest BCUT2D eigenvalue weighted by atomic mass is 19.1. The second-order valence-electron chi connectivity index (χ2n) is 9.08. The molecule has 1 saturated heterocycles. The molecule has 3 heterocycles. The van der Waals surface area contributed by atoms with Gasteiger partial charge in [-0.3, -0.25) is 9.36 Å². The molecular formula is C26H25F2N7O. The Kier molecular flexibility index (Phi) is 5.80. The van der Waals surface area contributed by atoms with Crippen molar-refractivity contribution in [2.24, 2.45) is 7.05 Å². The number of halogens is 2. The predicted octanol–water partition coefficient (Wildman–Crippen LogP) is 4.31. The number of likely N-dealkylation sites (N-methyl/N-ethyl adjacent to an activating group) is 1. The average molecular weight is 490 g/mol. The highest BCUT2D eigenvalue weighted by molar-refractivity contribution is 5.95. The highest BCUT2D eigenvalue weighted by Crippen LogP contribution is 2.33. The summed E-state index contributed by atoms with van der Waals surface area (Å²) < 4.78 is 32.3. The number of hydrogen-bond acceptors (Lipinski definition) is 4. The number of aromatic nitrogens is 4. The number of rotatable bonds is 4. The standard InChI is InChI=1S/C26H25F2N7O/c1-14-10-21-18(24(28)33(5)32-21)12-22(14)35-15(2)23(26(36)34-9-8-17(13-34)29-3)31-25(35)16-6-7-20(30-4)19(27)11-16/h6-7,10-12,17,29H,8-9,13H2,1-3,5H3/t17-/m0/s1. The van der Waals surface area contributed by atoms with E-state index in [0.29, 0.717) is 46.8 Å². The quantitative estimate of drug-likeness (QED) is 0.434. The Hall–Kier alpha value is -4.10. The Morgan fingerprint density at radius 3 is 2.67 bits per heavy atom. The Labute approximate surface area is 207 Å².